The summed E-state index contributed by atoms with van der Waals surface area (Å²) in [5.41, 5.74) is 3.24. The van der Waals surface area contributed by atoms with Gasteiger partial charge in [0.05, 0.1) is 0 Å². The molecule has 0 bridgehead atoms. The largest absolute Gasteiger partial charge is 0.565 e. The van der Waals surface area contributed by atoms with E-state index in [-0.39, 0.29) is 24.9 Å². The number of cyclic esters (lactones) is 1. The zero-order valence-corrected chi connectivity index (χ0v) is 26.8. The van der Waals surface area contributed by atoms with Crippen LogP contribution in [0.5, 0.6) is 0 Å². The van der Waals surface area contributed by atoms with E-state index in [1.165, 1.54) is 19.9 Å². The van der Waals surface area contributed by atoms with Gasteiger partial charge >= 0.3 is 26.2 Å². The van der Waals surface area contributed by atoms with Crippen molar-refractivity contribution >= 4 is 55.2 Å². The maximum Gasteiger partial charge on any atom is 0.521 e. The number of carboxylic acid groups (broad SMARTS) is 2. The molecular formula is C33H35O14P. The van der Waals surface area contributed by atoms with Gasteiger partial charge < -0.3 is 24.9 Å². The van der Waals surface area contributed by atoms with Gasteiger partial charge in [0.15, 0.2) is 5.78 Å². The Morgan fingerprint density at radius 3 is 1.67 bits per heavy atom. The molecule has 0 saturated carbocycles. The highest BCUT2D eigenvalue weighted by Gasteiger charge is 2.37. The molecule has 48 heavy (non-hydrogen) atoms. The molecular weight excluding hydrogens is 651 g/mol. The van der Waals surface area contributed by atoms with Crippen molar-refractivity contribution in [1.29, 1.82) is 0 Å². The summed E-state index contributed by atoms with van der Waals surface area (Å²) in [5.74, 6) is -4.58. The molecule has 0 aromatic heterocycles. The molecule has 0 amide bonds. The van der Waals surface area contributed by atoms with Gasteiger partial charge in [-0.05, 0) is 35.1 Å². The van der Waals surface area contributed by atoms with E-state index < -0.39 is 31.9 Å². The number of hydrogen-bond donors (Lipinski definition) is 4. The number of ketones is 2. The summed E-state index contributed by atoms with van der Waals surface area (Å²) in [6.45, 7) is 4.41. The van der Waals surface area contributed by atoms with E-state index in [0.717, 1.165) is 17.2 Å². The molecule has 1 aliphatic heterocycles. The summed E-state index contributed by atoms with van der Waals surface area (Å²) in [5, 5.41) is 32.7. The summed E-state index contributed by atoms with van der Waals surface area (Å²) in [6, 6.07) is 27.7. The van der Waals surface area contributed by atoms with Crippen LogP contribution in [0.25, 0.3) is 11.1 Å². The van der Waals surface area contributed by atoms with Crippen molar-refractivity contribution < 1.29 is 69.6 Å². The van der Waals surface area contributed by atoms with E-state index in [2.05, 4.69) is 4.67 Å². The Labute approximate surface area is 277 Å². The number of ether oxygens (including phenoxy) is 1. The summed E-state index contributed by atoms with van der Waals surface area (Å²) in [7, 11) is -3.04. The molecule has 256 valence electrons. The van der Waals surface area contributed by atoms with Crippen LogP contribution in [0.15, 0.2) is 103 Å². The predicted octanol–water partition coefficient (Wildman–Crippen LogP) is 3.91. The Kier molecular flexibility index (Phi) is 20.3. The lowest BCUT2D eigenvalue weighted by Gasteiger charge is -2.19. The third kappa shape index (κ3) is 19.1. The van der Waals surface area contributed by atoms with Gasteiger partial charge in [-0.3, -0.25) is 14.4 Å². The van der Waals surface area contributed by atoms with Crippen molar-refractivity contribution in [3.05, 3.63) is 120 Å². The lowest BCUT2D eigenvalue weighted by molar-refractivity contribution is -0.244. The summed E-state index contributed by atoms with van der Waals surface area (Å²) in [4.78, 5) is 70.0. The number of aliphatic hydroxyl groups is 1. The first-order valence-corrected chi connectivity index (χ1v) is 14.5. The number of aldehydes is 1. The Morgan fingerprint density at radius 1 is 0.896 bits per heavy atom. The normalized spacial score (nSPS) is 14.5. The zero-order chi connectivity index (χ0) is 36.7. The Balaban J connectivity index is 0. The van der Waals surface area contributed by atoms with Crippen molar-refractivity contribution in [3.8, 4) is 0 Å². The van der Waals surface area contributed by atoms with Crippen LogP contribution >= 0.6 is 8.25 Å². The third-order valence-corrected chi connectivity index (χ3v) is 5.47. The van der Waals surface area contributed by atoms with Gasteiger partial charge in [-0.1, -0.05) is 91.0 Å². The van der Waals surface area contributed by atoms with Crippen molar-refractivity contribution in [2.75, 3.05) is 0 Å². The molecule has 1 heterocycles. The van der Waals surface area contributed by atoms with E-state index >= 15 is 0 Å². The second-order valence-electron chi connectivity index (χ2n) is 9.27. The molecule has 0 spiro atoms. The second-order valence-corrected chi connectivity index (χ2v) is 9.88. The van der Waals surface area contributed by atoms with E-state index in [0.29, 0.717) is 17.6 Å². The number of allylic oxidation sites excluding steroid dienone is 1. The number of Topliss-reactive ketones (excluding diaryl/α,β-unsaturated/α-hetero) is 2. The van der Waals surface area contributed by atoms with Gasteiger partial charge in [0.1, 0.15) is 5.78 Å². The van der Waals surface area contributed by atoms with Gasteiger partial charge in [0.2, 0.25) is 12.1 Å². The van der Waals surface area contributed by atoms with Gasteiger partial charge in [0, 0.05) is 42.7 Å². The van der Waals surface area contributed by atoms with E-state index in [9.17, 15) is 24.3 Å². The molecule has 4 rings (SSSR count). The second kappa shape index (κ2) is 22.9. The molecule has 0 saturated heterocycles. The maximum atomic E-state index is 11.1. The van der Waals surface area contributed by atoms with Crippen molar-refractivity contribution in [2.24, 2.45) is 0 Å². The highest BCUT2D eigenvalue weighted by molar-refractivity contribution is 7.30. The van der Waals surface area contributed by atoms with Crippen LogP contribution < -0.4 is 4.89 Å². The first-order valence-electron chi connectivity index (χ1n) is 13.4. The molecule has 0 radical (unpaired) electrons. The number of carbonyl (C=O) groups excluding carboxylic acids is 4. The number of hydrogen-bond acceptors (Lipinski definition) is 12. The molecule has 2 atom stereocenters. The van der Waals surface area contributed by atoms with Crippen LogP contribution in [0.4, 0.5) is 0 Å². The lowest BCUT2D eigenvalue weighted by atomic mass is 10.0. The van der Waals surface area contributed by atoms with Gasteiger partial charge in [-0.2, -0.15) is 0 Å². The van der Waals surface area contributed by atoms with Crippen LogP contribution in [0, 0.1) is 0 Å². The fraction of sp³-hybridized carbons (Fsp3) is 0.152. The van der Waals surface area contributed by atoms with E-state index in [1.807, 2.05) is 66.7 Å². The first kappa shape index (κ1) is 42.5. The number of carboxylic acids is 2. The van der Waals surface area contributed by atoms with Crippen LogP contribution in [0.3, 0.4) is 0 Å². The van der Waals surface area contributed by atoms with Crippen molar-refractivity contribution in [3.63, 3.8) is 0 Å². The van der Waals surface area contributed by atoms with Crippen LogP contribution in [-0.2, 0) is 49.2 Å². The number of rotatable bonds is 8. The topological polar surface area (TPSA) is 242 Å². The standard InChI is InChI=1S/2C11H10O3.C9H10O.C2H2O3.HO4P.H2/c1-11(13)9(7-10(12)14-11)8-5-3-2-4-6-8;1-8(12)10(7-11(13)14)9-5-3-2-4-6-9;1-8(10)7-9-5-3-2-4-6-9;3-1-2(4)5;1-4-5(2)3;/h2-7,13H,1H3;2-7H,1H3,(H,13,14);2-6H,7H2,1H3;1H,(H,4,5);1H;1H/b;10-7-;;;;. The Morgan fingerprint density at radius 2 is 1.33 bits per heavy atom. The van der Waals surface area contributed by atoms with Crippen LogP contribution in [-0.4, -0.2) is 62.1 Å². The third-order valence-electron chi connectivity index (χ3n) is 5.34. The smallest absolute Gasteiger partial charge is 0.521 e. The molecule has 14 nitrogen and oxygen atoms in total. The minimum Gasteiger partial charge on any atom is -0.565 e. The maximum absolute atomic E-state index is 11.1. The fourth-order valence-electron chi connectivity index (χ4n) is 3.51. The van der Waals surface area contributed by atoms with Crippen molar-refractivity contribution in [1.82, 2.24) is 0 Å². The Bertz CT molecular complexity index is 1590. The first-order chi connectivity index (χ1) is 22.5. The molecule has 0 fully saturated rings. The number of benzene rings is 3. The lowest BCUT2D eigenvalue weighted by Crippen LogP contribution is -2.26. The molecule has 15 heteroatoms. The molecule has 2 unspecified atom stereocenters. The van der Waals surface area contributed by atoms with Gasteiger partial charge in [-0.15, -0.1) is 0 Å². The zero-order valence-electron chi connectivity index (χ0n) is 25.9. The monoisotopic (exact) mass is 686 g/mol. The molecule has 1 aliphatic rings. The molecule has 3 aromatic rings. The van der Waals surface area contributed by atoms with Crippen LogP contribution in [0.2, 0.25) is 0 Å². The number of aliphatic carboxylic acids is 2. The van der Waals surface area contributed by atoms with Crippen LogP contribution in [0.1, 0.15) is 38.9 Å². The van der Waals surface area contributed by atoms with Crippen molar-refractivity contribution in [2.45, 2.75) is 33.0 Å². The predicted molar refractivity (Wildman–Crippen MR) is 172 cm³/mol. The summed E-state index contributed by atoms with van der Waals surface area (Å²) >= 11 is 0. The van der Waals surface area contributed by atoms with E-state index in [1.54, 1.807) is 31.2 Å². The number of carbonyl (C=O) groups is 6. The minimum absolute atomic E-state index is 0. The van der Waals surface area contributed by atoms with Gasteiger partial charge in [0.25, 0.3) is 0 Å². The SMILES string of the molecule is CC(=O)/C(=C/C(=O)O)c1ccccc1.CC(=O)Cc1ccccc1.CC1(O)OC(=O)C=C1c1ccccc1.O=CC(=O)O.O=[P+]([O-])OO.[HH]. The summed E-state index contributed by atoms with van der Waals surface area (Å²) < 4.78 is 16.4. The quantitative estimate of drug-likeness (QED) is 0.0500. The van der Waals surface area contributed by atoms with E-state index in [4.69, 9.17) is 39.3 Å². The summed E-state index contributed by atoms with van der Waals surface area (Å²) in [6.07, 6.45) is 2.63. The highest BCUT2D eigenvalue weighted by Crippen LogP contribution is 2.33. The Hall–Kier alpha value is -5.50. The molecule has 0 aliphatic carbocycles. The average molecular weight is 687 g/mol. The average Bonchev–Trinajstić information content (AvgIpc) is 3.33. The number of esters is 1. The minimum atomic E-state index is -3.04. The highest BCUT2D eigenvalue weighted by atomic mass is 31.1. The molecule has 3 aromatic carbocycles. The fourth-order valence-corrected chi connectivity index (χ4v) is 3.51. The van der Waals surface area contributed by atoms with Gasteiger partial charge in [-0.25, -0.2) is 19.6 Å². The molecule has 4 N–H and O–H groups in total.